The minimum atomic E-state index is -2.45. The summed E-state index contributed by atoms with van der Waals surface area (Å²) in [5, 5.41) is 12.9. The monoisotopic (exact) mass is 464 g/mol. The summed E-state index contributed by atoms with van der Waals surface area (Å²) in [5.74, 6) is -1.44. The zero-order chi connectivity index (χ0) is 23.8. The number of aryl methyl sites for hydroxylation is 3. The third kappa shape index (κ3) is 5.69. The molecule has 0 amide bonds. The second-order valence-electron chi connectivity index (χ2n) is 8.57. The van der Waals surface area contributed by atoms with Crippen molar-refractivity contribution < 1.29 is 19.4 Å². The number of carboxylic acids is 1. The molecule has 0 aliphatic rings. The number of carbonyl (C=O) groups is 2. The van der Waals surface area contributed by atoms with E-state index in [-0.39, 0.29) is 19.4 Å². The Bertz CT molecular complexity index is 1010. The molecule has 0 spiro atoms. The van der Waals surface area contributed by atoms with Crippen LogP contribution in [-0.4, -0.2) is 29.8 Å². The van der Waals surface area contributed by atoms with Crippen molar-refractivity contribution >= 4 is 35.1 Å². The first-order valence-corrected chi connectivity index (χ1v) is 13.6. The van der Waals surface area contributed by atoms with Gasteiger partial charge >= 0.3 is 197 Å². The van der Waals surface area contributed by atoms with Crippen molar-refractivity contribution in [2.45, 2.75) is 40.0 Å². The molecular formula is C28H33O4P. The van der Waals surface area contributed by atoms with Gasteiger partial charge in [0.25, 0.3) is 0 Å². The molecule has 0 fully saturated rings. The summed E-state index contributed by atoms with van der Waals surface area (Å²) in [4.78, 5) is 22.7. The van der Waals surface area contributed by atoms with Crippen molar-refractivity contribution in [3.8, 4) is 0 Å². The first-order valence-electron chi connectivity index (χ1n) is 11.4. The van der Waals surface area contributed by atoms with E-state index in [0.717, 1.165) is 6.16 Å². The summed E-state index contributed by atoms with van der Waals surface area (Å²) >= 11 is 0. The Hall–Kier alpha value is -2.97. The fraction of sp³-hybridized carbons (Fsp3) is 0.286. The van der Waals surface area contributed by atoms with Gasteiger partial charge in [0.15, 0.2) is 0 Å². The van der Waals surface area contributed by atoms with E-state index in [1.807, 2.05) is 0 Å². The SMILES string of the molecule is Cc1ccccc1[PH](CCCOC(=O)CCC(=O)O)(c1ccccc1C)c1ccccc1C. The summed E-state index contributed by atoms with van der Waals surface area (Å²) in [7, 11) is -2.45. The van der Waals surface area contributed by atoms with Crippen LogP contribution in [0.25, 0.3) is 0 Å². The molecule has 0 aliphatic heterocycles. The molecule has 0 radical (unpaired) electrons. The Morgan fingerprint density at radius 3 is 1.55 bits per heavy atom. The van der Waals surface area contributed by atoms with E-state index >= 15 is 0 Å². The molecule has 0 bridgehead atoms. The Morgan fingerprint density at radius 1 is 0.727 bits per heavy atom. The first kappa shape index (κ1) is 24.7. The summed E-state index contributed by atoms with van der Waals surface area (Å²) < 4.78 is 5.41. The summed E-state index contributed by atoms with van der Waals surface area (Å²) in [6.07, 6.45) is 1.31. The molecule has 3 aromatic rings. The van der Waals surface area contributed by atoms with Gasteiger partial charge in [0.05, 0.1) is 0 Å². The van der Waals surface area contributed by atoms with Crippen LogP contribution in [-0.2, 0) is 14.3 Å². The average Bonchev–Trinajstić information content (AvgIpc) is 2.80. The normalized spacial score (nSPS) is 11.7. The van der Waals surface area contributed by atoms with Gasteiger partial charge in [-0.2, -0.15) is 0 Å². The van der Waals surface area contributed by atoms with E-state index in [2.05, 4.69) is 93.6 Å². The van der Waals surface area contributed by atoms with Crippen LogP contribution in [0.2, 0.25) is 0 Å². The van der Waals surface area contributed by atoms with Crippen LogP contribution >= 0.6 is 7.26 Å². The zero-order valence-electron chi connectivity index (χ0n) is 19.6. The molecule has 3 aromatic carbocycles. The quantitative estimate of drug-likeness (QED) is 0.274. The fourth-order valence-corrected chi connectivity index (χ4v) is 10.6. The van der Waals surface area contributed by atoms with Crippen molar-refractivity contribution in [3.63, 3.8) is 0 Å². The number of ether oxygens (including phenoxy) is 1. The van der Waals surface area contributed by atoms with E-state index in [0.29, 0.717) is 6.42 Å². The molecule has 0 aliphatic carbocycles. The number of hydrogen-bond donors (Lipinski definition) is 1. The molecule has 0 unspecified atom stereocenters. The molecule has 0 aromatic heterocycles. The average molecular weight is 465 g/mol. The second kappa shape index (κ2) is 11.2. The van der Waals surface area contributed by atoms with Crippen molar-refractivity contribution in [3.05, 3.63) is 89.5 Å². The van der Waals surface area contributed by atoms with Crippen LogP contribution < -0.4 is 15.9 Å². The van der Waals surface area contributed by atoms with Gasteiger partial charge in [0.1, 0.15) is 0 Å². The molecule has 0 heterocycles. The molecule has 33 heavy (non-hydrogen) atoms. The zero-order valence-corrected chi connectivity index (χ0v) is 20.6. The Morgan fingerprint density at radius 2 is 1.15 bits per heavy atom. The number of benzene rings is 3. The van der Waals surface area contributed by atoms with Crippen LogP contribution in [0.15, 0.2) is 72.8 Å². The number of rotatable bonds is 10. The minimum absolute atomic E-state index is 0.0920. The van der Waals surface area contributed by atoms with Crippen LogP contribution in [0.3, 0.4) is 0 Å². The van der Waals surface area contributed by atoms with Crippen LogP contribution in [0.5, 0.6) is 0 Å². The molecule has 0 saturated carbocycles. The van der Waals surface area contributed by atoms with Crippen molar-refractivity contribution in [2.75, 3.05) is 12.8 Å². The molecular weight excluding hydrogens is 431 g/mol. The Balaban J connectivity index is 2.05. The first-order chi connectivity index (χ1) is 15.9. The molecule has 1 N–H and O–H groups in total. The molecule has 0 atom stereocenters. The number of esters is 1. The summed E-state index contributed by atoms with van der Waals surface area (Å²) in [5.41, 5.74) is 3.82. The van der Waals surface area contributed by atoms with Gasteiger partial charge in [-0.05, 0) is 0 Å². The number of carboxylic acid groups (broad SMARTS) is 1. The van der Waals surface area contributed by atoms with Crippen LogP contribution in [0, 0.1) is 20.8 Å². The van der Waals surface area contributed by atoms with E-state index < -0.39 is 19.2 Å². The third-order valence-corrected chi connectivity index (χ3v) is 11.9. The van der Waals surface area contributed by atoms with Gasteiger partial charge in [-0.25, -0.2) is 0 Å². The number of aliphatic carboxylic acids is 1. The summed E-state index contributed by atoms with van der Waals surface area (Å²) in [6, 6.07) is 25.9. The van der Waals surface area contributed by atoms with E-state index in [4.69, 9.17) is 9.84 Å². The van der Waals surface area contributed by atoms with E-state index in [1.54, 1.807) is 0 Å². The molecule has 5 heteroatoms. The molecule has 174 valence electrons. The van der Waals surface area contributed by atoms with Crippen molar-refractivity contribution in [2.24, 2.45) is 0 Å². The van der Waals surface area contributed by atoms with E-state index in [9.17, 15) is 9.59 Å². The predicted octanol–water partition coefficient (Wildman–Crippen LogP) is 4.44. The van der Waals surface area contributed by atoms with Gasteiger partial charge in [0.2, 0.25) is 0 Å². The third-order valence-electron chi connectivity index (χ3n) is 6.32. The maximum absolute atomic E-state index is 12.0. The molecule has 4 nitrogen and oxygen atoms in total. The van der Waals surface area contributed by atoms with Gasteiger partial charge in [-0.3, -0.25) is 0 Å². The van der Waals surface area contributed by atoms with Crippen LogP contribution in [0.4, 0.5) is 0 Å². The predicted molar refractivity (Wildman–Crippen MR) is 138 cm³/mol. The van der Waals surface area contributed by atoms with Gasteiger partial charge < -0.3 is 0 Å². The molecule has 3 rings (SSSR count). The Kier molecular flexibility index (Phi) is 8.41. The second-order valence-corrected chi connectivity index (χ2v) is 12.5. The van der Waals surface area contributed by atoms with Crippen molar-refractivity contribution in [1.29, 1.82) is 0 Å². The van der Waals surface area contributed by atoms with Crippen molar-refractivity contribution in [1.82, 2.24) is 0 Å². The number of hydrogen-bond acceptors (Lipinski definition) is 3. The molecule has 0 saturated heterocycles. The fourth-order valence-electron chi connectivity index (χ4n) is 4.80. The summed E-state index contributed by atoms with van der Waals surface area (Å²) in [6.45, 7) is 6.83. The van der Waals surface area contributed by atoms with Gasteiger partial charge in [0, 0.05) is 0 Å². The van der Waals surface area contributed by atoms with Gasteiger partial charge in [-0.1, -0.05) is 0 Å². The standard InChI is InChI=1S/C28H33O4P/c1-21-11-4-7-14-24(21)33(25-15-8-5-12-22(25)2,26-16-9-6-13-23(26)3)20-10-19-32-28(31)18-17-27(29)30/h4-9,11-16,33H,10,17-20H2,1-3H3,(H,29,30). The van der Waals surface area contributed by atoms with E-state index in [1.165, 1.54) is 32.6 Å². The van der Waals surface area contributed by atoms with Gasteiger partial charge in [-0.15, -0.1) is 0 Å². The topological polar surface area (TPSA) is 63.6 Å². The Labute approximate surface area is 197 Å². The van der Waals surface area contributed by atoms with Crippen LogP contribution in [0.1, 0.15) is 36.0 Å². The maximum atomic E-state index is 12.0. The number of carbonyl (C=O) groups excluding carboxylic acids is 1.